The third kappa shape index (κ3) is 3.67. The Morgan fingerprint density at radius 3 is 2.67 bits per heavy atom. The Kier molecular flexibility index (Phi) is 5.46. The highest BCUT2D eigenvalue weighted by Gasteiger charge is 2.15. The summed E-state index contributed by atoms with van der Waals surface area (Å²) in [6, 6.07) is 5.80. The Balaban J connectivity index is 2.23. The minimum absolute atomic E-state index is 0.0846. The molecule has 0 spiro atoms. The number of aromatic nitrogens is 2. The van der Waals surface area contributed by atoms with Gasteiger partial charge in [0.1, 0.15) is 12.4 Å². The summed E-state index contributed by atoms with van der Waals surface area (Å²) in [5, 5.41) is 4.47. The number of rotatable bonds is 5. The van der Waals surface area contributed by atoms with Crippen LogP contribution in [-0.4, -0.2) is 9.78 Å². The maximum absolute atomic E-state index is 6.01. The molecule has 114 valence electrons. The van der Waals surface area contributed by atoms with Crippen LogP contribution >= 0.6 is 31.9 Å². The van der Waals surface area contributed by atoms with Crippen LogP contribution in [0.2, 0.25) is 0 Å². The van der Waals surface area contributed by atoms with Gasteiger partial charge in [-0.25, -0.2) is 0 Å². The number of halogens is 2. The Bertz CT molecular complexity index is 638. The maximum Gasteiger partial charge on any atom is 0.131 e. The molecule has 0 radical (unpaired) electrons. The van der Waals surface area contributed by atoms with E-state index in [9.17, 15) is 0 Å². The molecule has 2 aromatic rings. The average Bonchev–Trinajstić information content (AvgIpc) is 2.72. The van der Waals surface area contributed by atoms with Gasteiger partial charge in [-0.1, -0.05) is 22.9 Å². The molecule has 1 aromatic carbocycles. The first kappa shape index (κ1) is 16.5. The van der Waals surface area contributed by atoms with E-state index in [1.807, 2.05) is 36.9 Å². The summed E-state index contributed by atoms with van der Waals surface area (Å²) in [5.74, 6) is 0.805. The zero-order valence-electron chi connectivity index (χ0n) is 12.4. The third-order valence-electron chi connectivity index (χ3n) is 3.33. The van der Waals surface area contributed by atoms with Crippen molar-refractivity contribution < 1.29 is 4.74 Å². The fraction of sp³-hybridized carbons (Fsp3) is 0.400. The Morgan fingerprint density at radius 2 is 2.10 bits per heavy atom. The fourth-order valence-electron chi connectivity index (χ4n) is 2.13. The van der Waals surface area contributed by atoms with E-state index in [-0.39, 0.29) is 6.04 Å². The lowest BCUT2D eigenvalue weighted by atomic mass is 10.1. The summed E-state index contributed by atoms with van der Waals surface area (Å²) >= 11 is 7.06. The lowest BCUT2D eigenvalue weighted by molar-refractivity contribution is 0.289. The molecule has 21 heavy (non-hydrogen) atoms. The van der Waals surface area contributed by atoms with Crippen LogP contribution in [0.1, 0.15) is 36.8 Å². The van der Waals surface area contributed by atoms with Crippen LogP contribution < -0.4 is 10.5 Å². The van der Waals surface area contributed by atoms with E-state index in [4.69, 9.17) is 10.5 Å². The van der Waals surface area contributed by atoms with Gasteiger partial charge in [0, 0.05) is 23.1 Å². The largest absolute Gasteiger partial charge is 0.487 e. The van der Waals surface area contributed by atoms with E-state index in [1.165, 1.54) is 0 Å². The first-order valence-electron chi connectivity index (χ1n) is 6.82. The van der Waals surface area contributed by atoms with Crippen LogP contribution in [0.4, 0.5) is 0 Å². The standard InChI is InChI=1S/C15H19Br2N3O/c1-4-12-15(17)13(20(3)19-12)8-21-14-6-5-10(16)7-11(14)9(2)18/h5-7,9H,4,8,18H2,1-3H3/t9-/m1/s1. The molecular weight excluding hydrogens is 398 g/mol. The highest BCUT2D eigenvalue weighted by atomic mass is 79.9. The molecule has 0 unspecified atom stereocenters. The Morgan fingerprint density at radius 1 is 1.38 bits per heavy atom. The first-order valence-corrected chi connectivity index (χ1v) is 8.40. The molecule has 0 bridgehead atoms. The molecule has 0 saturated heterocycles. The van der Waals surface area contributed by atoms with Crippen molar-refractivity contribution in [1.82, 2.24) is 9.78 Å². The summed E-state index contributed by atoms with van der Waals surface area (Å²) in [4.78, 5) is 0. The molecule has 2 rings (SSSR count). The number of ether oxygens (including phenoxy) is 1. The molecular formula is C15H19Br2N3O. The van der Waals surface area contributed by atoms with Crippen LogP contribution in [0.3, 0.4) is 0 Å². The smallest absolute Gasteiger partial charge is 0.131 e. The SMILES string of the molecule is CCc1nn(C)c(COc2ccc(Br)cc2[C@@H](C)N)c1Br. The molecule has 2 N–H and O–H groups in total. The van der Waals surface area contributed by atoms with Crippen LogP contribution in [0, 0.1) is 0 Å². The van der Waals surface area contributed by atoms with Gasteiger partial charge < -0.3 is 10.5 Å². The molecule has 0 saturated carbocycles. The van der Waals surface area contributed by atoms with Crippen molar-refractivity contribution in [3.05, 3.63) is 44.1 Å². The van der Waals surface area contributed by atoms with Gasteiger partial charge in [0.25, 0.3) is 0 Å². The van der Waals surface area contributed by atoms with Gasteiger partial charge in [0.2, 0.25) is 0 Å². The topological polar surface area (TPSA) is 53.1 Å². The monoisotopic (exact) mass is 415 g/mol. The Labute approximate surface area is 141 Å². The molecule has 4 nitrogen and oxygen atoms in total. The summed E-state index contributed by atoms with van der Waals surface area (Å²) < 4.78 is 9.84. The minimum Gasteiger partial charge on any atom is -0.487 e. The molecule has 0 aliphatic heterocycles. The summed E-state index contributed by atoms with van der Waals surface area (Å²) in [6.45, 7) is 4.48. The Hall–Kier alpha value is -0.850. The normalized spacial score (nSPS) is 12.5. The molecule has 0 amide bonds. The molecule has 0 aliphatic carbocycles. The average molecular weight is 417 g/mol. The van der Waals surface area contributed by atoms with Crippen molar-refractivity contribution in [2.75, 3.05) is 0 Å². The van der Waals surface area contributed by atoms with Crippen molar-refractivity contribution in [3.63, 3.8) is 0 Å². The molecule has 1 aromatic heterocycles. The highest BCUT2D eigenvalue weighted by Crippen LogP contribution is 2.29. The van der Waals surface area contributed by atoms with Crippen LogP contribution in [0.5, 0.6) is 5.75 Å². The second kappa shape index (κ2) is 6.94. The van der Waals surface area contributed by atoms with E-state index in [0.717, 1.165) is 38.1 Å². The summed E-state index contributed by atoms with van der Waals surface area (Å²) in [7, 11) is 1.93. The molecule has 1 atom stereocenters. The zero-order valence-corrected chi connectivity index (χ0v) is 15.5. The van der Waals surface area contributed by atoms with Crippen LogP contribution in [0.15, 0.2) is 27.1 Å². The summed E-state index contributed by atoms with van der Waals surface area (Å²) in [6.07, 6.45) is 0.887. The number of nitrogens with zero attached hydrogens (tertiary/aromatic N) is 2. The second-order valence-corrected chi connectivity index (χ2v) is 6.65. The predicted octanol–water partition coefficient (Wildman–Crippen LogP) is 4.11. The van der Waals surface area contributed by atoms with Crippen molar-refractivity contribution in [2.45, 2.75) is 32.9 Å². The van der Waals surface area contributed by atoms with Gasteiger partial charge in [-0.05, 0) is 47.5 Å². The first-order chi connectivity index (χ1) is 9.93. The number of hydrogen-bond acceptors (Lipinski definition) is 3. The van der Waals surface area contributed by atoms with E-state index in [1.54, 1.807) is 0 Å². The molecule has 0 fully saturated rings. The lowest BCUT2D eigenvalue weighted by Crippen LogP contribution is -2.09. The van der Waals surface area contributed by atoms with Crippen molar-refractivity contribution >= 4 is 31.9 Å². The number of hydrogen-bond donors (Lipinski definition) is 1. The van der Waals surface area contributed by atoms with Gasteiger partial charge in [0.15, 0.2) is 0 Å². The van der Waals surface area contributed by atoms with Gasteiger partial charge in [-0.2, -0.15) is 5.10 Å². The number of benzene rings is 1. The zero-order chi connectivity index (χ0) is 15.6. The molecule has 0 aliphatic rings. The third-order valence-corrected chi connectivity index (χ3v) is 4.74. The maximum atomic E-state index is 6.01. The predicted molar refractivity (Wildman–Crippen MR) is 91.4 cm³/mol. The highest BCUT2D eigenvalue weighted by molar-refractivity contribution is 9.10. The van der Waals surface area contributed by atoms with Gasteiger partial charge in [0.05, 0.1) is 15.9 Å². The second-order valence-electron chi connectivity index (χ2n) is 4.94. The molecule has 6 heteroatoms. The van der Waals surface area contributed by atoms with Gasteiger partial charge in [-0.15, -0.1) is 0 Å². The van der Waals surface area contributed by atoms with Crippen LogP contribution in [-0.2, 0) is 20.1 Å². The van der Waals surface area contributed by atoms with E-state index < -0.39 is 0 Å². The number of aryl methyl sites for hydroxylation is 2. The lowest BCUT2D eigenvalue weighted by Gasteiger charge is -2.14. The van der Waals surface area contributed by atoms with Gasteiger partial charge >= 0.3 is 0 Å². The van der Waals surface area contributed by atoms with Gasteiger partial charge in [-0.3, -0.25) is 4.68 Å². The fourth-order valence-corrected chi connectivity index (χ4v) is 3.24. The van der Waals surface area contributed by atoms with Crippen LogP contribution in [0.25, 0.3) is 0 Å². The van der Waals surface area contributed by atoms with Crippen molar-refractivity contribution in [3.8, 4) is 5.75 Å². The van der Waals surface area contributed by atoms with E-state index in [0.29, 0.717) is 6.61 Å². The number of nitrogens with two attached hydrogens (primary N) is 1. The summed E-state index contributed by atoms with van der Waals surface area (Å²) in [5.41, 5.74) is 9.05. The van der Waals surface area contributed by atoms with Crippen molar-refractivity contribution in [1.29, 1.82) is 0 Å². The quantitative estimate of drug-likeness (QED) is 0.797. The molecule has 1 heterocycles. The minimum atomic E-state index is -0.0846. The van der Waals surface area contributed by atoms with E-state index >= 15 is 0 Å². The van der Waals surface area contributed by atoms with E-state index in [2.05, 4.69) is 43.9 Å². The van der Waals surface area contributed by atoms with Crippen molar-refractivity contribution in [2.24, 2.45) is 12.8 Å².